The maximum atomic E-state index is 10.9. The molecule has 0 amide bonds. The Labute approximate surface area is 230 Å². The van der Waals surface area contributed by atoms with Gasteiger partial charge in [0, 0.05) is 12.1 Å². The Kier molecular flexibility index (Phi) is 13.5. The van der Waals surface area contributed by atoms with Gasteiger partial charge in [0.2, 0.25) is 0 Å². The van der Waals surface area contributed by atoms with Gasteiger partial charge in [-0.3, -0.25) is 20.5 Å². The van der Waals surface area contributed by atoms with Crippen LogP contribution in [0.3, 0.4) is 0 Å². The van der Waals surface area contributed by atoms with Crippen LogP contribution < -0.4 is 10.4 Å². The first kappa shape index (κ1) is 29.5. The van der Waals surface area contributed by atoms with E-state index in [9.17, 15) is 10.1 Å². The van der Waals surface area contributed by atoms with Crippen molar-refractivity contribution in [1.29, 1.82) is 0 Å². The summed E-state index contributed by atoms with van der Waals surface area (Å²) in [7, 11) is 0. The second kappa shape index (κ2) is 17.4. The molecule has 0 aromatic heterocycles. The molecule has 1 aliphatic heterocycles. The minimum Gasteiger partial charge on any atom is -0.298 e. The number of nitrogens with one attached hydrogen (secondary N) is 1. The van der Waals surface area contributed by atoms with E-state index in [4.69, 9.17) is 0 Å². The third kappa shape index (κ3) is 10.7. The van der Waals surface area contributed by atoms with Crippen LogP contribution in [-0.4, -0.2) is 11.5 Å². The lowest BCUT2D eigenvalue weighted by atomic mass is 10.0. The maximum absolute atomic E-state index is 10.9. The predicted molar refractivity (Wildman–Crippen MR) is 162 cm³/mol. The third-order valence-electron chi connectivity index (χ3n) is 7.36. The van der Waals surface area contributed by atoms with Crippen molar-refractivity contribution in [1.82, 2.24) is 5.43 Å². The van der Waals surface area contributed by atoms with E-state index in [-0.39, 0.29) is 10.6 Å². The van der Waals surface area contributed by atoms with Gasteiger partial charge in [-0.2, -0.15) is 0 Å². The molecule has 0 spiro atoms. The number of unbranched alkanes of at least 4 members (excludes halogenated alkanes) is 14. The van der Waals surface area contributed by atoms with Gasteiger partial charge in [-0.1, -0.05) is 115 Å². The van der Waals surface area contributed by atoms with Gasteiger partial charge in [0.1, 0.15) is 0 Å². The first-order chi connectivity index (χ1) is 18.7. The molecular weight excluding hydrogens is 470 g/mol. The average molecular weight is 518 g/mol. The van der Waals surface area contributed by atoms with Crippen molar-refractivity contribution in [2.24, 2.45) is 0 Å². The molecule has 0 unspecified atom stereocenters. The van der Waals surface area contributed by atoms with Crippen molar-refractivity contribution in [2.75, 3.05) is 11.6 Å². The SMILES string of the molecule is CCCCCCCCCCCCCCCCC=Cc1ccc(N2CC=C(c3ccc([N+](=O)[O-])cc3)N2)cc1. The van der Waals surface area contributed by atoms with Crippen molar-refractivity contribution in [3.05, 3.63) is 81.9 Å². The summed E-state index contributed by atoms with van der Waals surface area (Å²) in [6.07, 6.45) is 27.4. The molecule has 5 heteroatoms. The molecular formula is C33H47N3O2. The zero-order valence-electron chi connectivity index (χ0n) is 23.4. The van der Waals surface area contributed by atoms with Gasteiger partial charge < -0.3 is 0 Å². The molecule has 2 aromatic carbocycles. The number of benzene rings is 2. The fraction of sp³-hybridized carbons (Fsp3) is 0.515. The van der Waals surface area contributed by atoms with E-state index in [1.54, 1.807) is 24.3 Å². The molecule has 5 nitrogen and oxygen atoms in total. The summed E-state index contributed by atoms with van der Waals surface area (Å²) in [6, 6.07) is 15.2. The second-order valence-electron chi connectivity index (χ2n) is 10.5. The number of nitrogens with zero attached hydrogens (tertiary/aromatic N) is 2. The number of allylic oxidation sites excluding steroid dienone is 1. The molecule has 0 saturated heterocycles. The Morgan fingerprint density at radius 1 is 0.789 bits per heavy atom. The van der Waals surface area contributed by atoms with E-state index >= 15 is 0 Å². The number of rotatable bonds is 19. The number of anilines is 1. The highest BCUT2D eigenvalue weighted by atomic mass is 16.6. The van der Waals surface area contributed by atoms with Crippen molar-refractivity contribution >= 4 is 23.1 Å². The van der Waals surface area contributed by atoms with E-state index in [1.165, 1.54) is 95.5 Å². The Balaban J connectivity index is 1.22. The maximum Gasteiger partial charge on any atom is 0.269 e. The molecule has 0 saturated carbocycles. The van der Waals surface area contributed by atoms with Gasteiger partial charge in [-0.25, -0.2) is 0 Å². The van der Waals surface area contributed by atoms with Crippen LogP contribution >= 0.6 is 0 Å². The molecule has 1 N–H and O–H groups in total. The minimum atomic E-state index is -0.373. The van der Waals surface area contributed by atoms with E-state index in [2.05, 4.69) is 59.9 Å². The lowest BCUT2D eigenvalue weighted by Crippen LogP contribution is -2.31. The summed E-state index contributed by atoms with van der Waals surface area (Å²) in [5.74, 6) is 0. The standard InChI is InChI=1S/C33H47N3O2/c1-2-3-4-5-6-7-8-9-10-11-12-13-14-15-16-17-18-29-19-23-31(24-20-29)35-28-27-33(34-35)30-21-25-32(26-22-30)36(37)38/h17-27,34H,2-16,28H2,1H3. The molecule has 0 fully saturated rings. The molecule has 0 atom stereocenters. The third-order valence-corrected chi connectivity index (χ3v) is 7.36. The van der Waals surface area contributed by atoms with Crippen molar-refractivity contribution in [3.8, 4) is 0 Å². The molecule has 2 aromatic rings. The van der Waals surface area contributed by atoms with Crippen LogP contribution in [-0.2, 0) is 0 Å². The van der Waals surface area contributed by atoms with Gasteiger partial charge in [-0.05, 0) is 54.3 Å². The van der Waals surface area contributed by atoms with Crippen molar-refractivity contribution in [3.63, 3.8) is 0 Å². The van der Waals surface area contributed by atoms with Crippen LogP contribution in [0.15, 0.2) is 60.7 Å². The molecule has 3 rings (SSSR count). The highest BCUT2D eigenvalue weighted by Crippen LogP contribution is 2.24. The highest BCUT2D eigenvalue weighted by molar-refractivity contribution is 5.71. The fourth-order valence-electron chi connectivity index (χ4n) is 4.98. The molecule has 0 bridgehead atoms. The lowest BCUT2D eigenvalue weighted by molar-refractivity contribution is -0.384. The quantitative estimate of drug-likeness (QED) is 0.114. The summed E-state index contributed by atoms with van der Waals surface area (Å²) < 4.78 is 0. The Morgan fingerprint density at radius 3 is 1.89 bits per heavy atom. The Hall–Kier alpha value is -3.08. The Bertz CT molecular complexity index is 996. The van der Waals surface area contributed by atoms with Gasteiger partial charge >= 0.3 is 0 Å². The van der Waals surface area contributed by atoms with E-state index < -0.39 is 0 Å². The van der Waals surface area contributed by atoms with Crippen LogP contribution in [0, 0.1) is 10.1 Å². The topological polar surface area (TPSA) is 58.4 Å². The summed E-state index contributed by atoms with van der Waals surface area (Å²) in [6.45, 7) is 3.04. The van der Waals surface area contributed by atoms with Crippen LogP contribution in [0.1, 0.15) is 114 Å². The highest BCUT2D eigenvalue weighted by Gasteiger charge is 2.16. The first-order valence-electron chi connectivity index (χ1n) is 14.9. The monoisotopic (exact) mass is 517 g/mol. The van der Waals surface area contributed by atoms with E-state index in [0.717, 1.165) is 29.9 Å². The Morgan fingerprint density at radius 2 is 1.34 bits per heavy atom. The molecule has 1 heterocycles. The fourth-order valence-corrected chi connectivity index (χ4v) is 4.98. The number of nitro benzene ring substituents is 1. The number of nitro groups is 1. The zero-order valence-corrected chi connectivity index (χ0v) is 23.4. The van der Waals surface area contributed by atoms with Gasteiger partial charge in [0.05, 0.1) is 22.9 Å². The minimum absolute atomic E-state index is 0.109. The summed E-state index contributed by atoms with van der Waals surface area (Å²) in [5.41, 5.74) is 7.75. The molecule has 0 aliphatic carbocycles. The van der Waals surface area contributed by atoms with E-state index in [0.29, 0.717) is 0 Å². The smallest absolute Gasteiger partial charge is 0.269 e. The summed E-state index contributed by atoms with van der Waals surface area (Å²) in [4.78, 5) is 10.5. The number of hydrazine groups is 1. The average Bonchev–Trinajstić information content (AvgIpc) is 3.44. The van der Waals surface area contributed by atoms with Crippen LogP contribution in [0.5, 0.6) is 0 Å². The van der Waals surface area contributed by atoms with Gasteiger partial charge in [-0.15, -0.1) is 0 Å². The predicted octanol–water partition coefficient (Wildman–Crippen LogP) is 9.85. The zero-order chi connectivity index (χ0) is 26.8. The van der Waals surface area contributed by atoms with Crippen LogP contribution in [0.25, 0.3) is 11.8 Å². The van der Waals surface area contributed by atoms with Crippen molar-refractivity contribution < 1.29 is 4.92 Å². The number of non-ortho nitro benzene ring substituents is 1. The summed E-state index contributed by atoms with van der Waals surface area (Å²) >= 11 is 0. The number of hydrogen-bond donors (Lipinski definition) is 1. The van der Waals surface area contributed by atoms with Crippen LogP contribution in [0.2, 0.25) is 0 Å². The molecule has 0 radical (unpaired) electrons. The first-order valence-corrected chi connectivity index (χ1v) is 14.9. The second-order valence-corrected chi connectivity index (χ2v) is 10.5. The molecule has 38 heavy (non-hydrogen) atoms. The van der Waals surface area contributed by atoms with Crippen LogP contribution in [0.4, 0.5) is 11.4 Å². The molecule has 1 aliphatic rings. The normalized spacial score (nSPS) is 13.2. The summed E-state index contributed by atoms with van der Waals surface area (Å²) in [5, 5.41) is 12.9. The van der Waals surface area contributed by atoms with Crippen molar-refractivity contribution in [2.45, 2.75) is 103 Å². The van der Waals surface area contributed by atoms with Gasteiger partial charge in [0.15, 0.2) is 0 Å². The largest absolute Gasteiger partial charge is 0.298 e. The van der Waals surface area contributed by atoms with Gasteiger partial charge in [0.25, 0.3) is 5.69 Å². The molecule has 206 valence electrons. The lowest BCUT2D eigenvalue weighted by Gasteiger charge is -2.20. The number of hydrogen-bond acceptors (Lipinski definition) is 4. The van der Waals surface area contributed by atoms with E-state index in [1.807, 2.05) is 0 Å².